The highest BCUT2D eigenvalue weighted by atomic mass is 16.5. The van der Waals surface area contributed by atoms with Gasteiger partial charge in [-0.05, 0) is 18.4 Å². The number of anilines is 1. The number of carbonyl (C=O) groups excluding carboxylic acids is 1. The predicted molar refractivity (Wildman–Crippen MR) is 121 cm³/mol. The summed E-state index contributed by atoms with van der Waals surface area (Å²) >= 11 is 0. The van der Waals surface area contributed by atoms with Crippen LogP contribution in [0.5, 0.6) is 5.88 Å². The van der Waals surface area contributed by atoms with Crippen LogP contribution in [0.4, 0.5) is 5.82 Å². The molecule has 166 valence electrons. The van der Waals surface area contributed by atoms with Crippen molar-refractivity contribution in [2.75, 3.05) is 18.8 Å². The molecule has 2 aromatic heterocycles. The summed E-state index contributed by atoms with van der Waals surface area (Å²) in [5.74, 6) is 0.487. The summed E-state index contributed by atoms with van der Waals surface area (Å²) in [5.41, 5.74) is 8.79. The van der Waals surface area contributed by atoms with E-state index >= 15 is 0 Å². The Kier molecular flexibility index (Phi) is 5.05. The van der Waals surface area contributed by atoms with E-state index in [1.54, 1.807) is 11.1 Å². The van der Waals surface area contributed by atoms with Crippen LogP contribution in [0.3, 0.4) is 0 Å². The smallest absolute Gasteiger partial charge is 0.263 e. The number of benzene rings is 1. The molecule has 2 fully saturated rings. The van der Waals surface area contributed by atoms with E-state index in [1.165, 1.54) is 6.33 Å². The van der Waals surface area contributed by atoms with Crippen molar-refractivity contribution in [3.63, 3.8) is 0 Å². The molecule has 0 bridgehead atoms. The predicted octanol–water partition coefficient (Wildman–Crippen LogP) is 2.42. The third kappa shape index (κ3) is 3.91. The van der Waals surface area contributed by atoms with Gasteiger partial charge in [0, 0.05) is 30.3 Å². The Morgan fingerprint density at radius 2 is 2.03 bits per heavy atom. The van der Waals surface area contributed by atoms with Crippen molar-refractivity contribution >= 4 is 11.7 Å². The fourth-order valence-corrected chi connectivity index (χ4v) is 4.64. The molecule has 0 unspecified atom stereocenters. The van der Waals surface area contributed by atoms with Crippen molar-refractivity contribution < 1.29 is 9.53 Å². The Balaban J connectivity index is 1.25. The van der Waals surface area contributed by atoms with Gasteiger partial charge in [0.05, 0.1) is 18.3 Å². The van der Waals surface area contributed by atoms with Crippen molar-refractivity contribution in [3.05, 3.63) is 66.8 Å². The lowest BCUT2D eigenvalue weighted by Crippen LogP contribution is -2.66. The molecule has 33 heavy (non-hydrogen) atoms. The van der Waals surface area contributed by atoms with Gasteiger partial charge in [0.25, 0.3) is 5.91 Å². The summed E-state index contributed by atoms with van der Waals surface area (Å²) in [5, 5.41) is 13.3. The highest BCUT2D eigenvalue weighted by Crippen LogP contribution is 2.50. The zero-order valence-corrected chi connectivity index (χ0v) is 18.0. The highest BCUT2D eigenvalue weighted by molar-refractivity contribution is 5.97. The summed E-state index contributed by atoms with van der Waals surface area (Å²) in [7, 11) is 0. The van der Waals surface area contributed by atoms with Crippen LogP contribution >= 0.6 is 0 Å². The number of aromatic nitrogens is 4. The number of nitrogens with two attached hydrogens (primary N) is 1. The number of nitrogen functional groups attached to an aromatic ring is 1. The maximum absolute atomic E-state index is 12.0. The van der Waals surface area contributed by atoms with Crippen LogP contribution < -0.4 is 10.5 Å². The summed E-state index contributed by atoms with van der Waals surface area (Å²) in [6, 6.07) is 11.9. The average molecular weight is 441 g/mol. The zero-order valence-electron chi connectivity index (χ0n) is 18.0. The molecule has 1 aliphatic heterocycles. The molecule has 1 aromatic carbocycles. The number of nitrogens with zero attached hydrogens (tertiary/aromatic N) is 6. The van der Waals surface area contributed by atoms with E-state index in [0.29, 0.717) is 36.9 Å². The Morgan fingerprint density at radius 1 is 1.27 bits per heavy atom. The number of rotatable bonds is 6. The van der Waals surface area contributed by atoms with Gasteiger partial charge < -0.3 is 15.4 Å². The zero-order chi connectivity index (χ0) is 23.0. The molecule has 3 heterocycles. The number of amides is 1. The quantitative estimate of drug-likeness (QED) is 0.460. The maximum atomic E-state index is 12.0. The van der Waals surface area contributed by atoms with Gasteiger partial charge in [0.1, 0.15) is 29.9 Å². The Morgan fingerprint density at radius 3 is 2.76 bits per heavy atom. The number of ether oxygens (including phenoxy) is 1. The second-order valence-electron chi connectivity index (χ2n) is 8.75. The maximum Gasteiger partial charge on any atom is 0.263 e. The molecule has 0 radical (unpaired) electrons. The Bertz CT molecular complexity index is 1250. The van der Waals surface area contributed by atoms with Crippen molar-refractivity contribution in [1.29, 1.82) is 5.26 Å². The third-order valence-corrected chi connectivity index (χ3v) is 6.28. The average Bonchev–Trinajstić information content (AvgIpc) is 3.22. The molecular formula is C24H23N7O2. The minimum atomic E-state index is -0.286. The Labute approximate surface area is 191 Å². The monoisotopic (exact) mass is 441 g/mol. The SMILES string of the molecule is C=C(C#N)C(=O)N1CC2(CC(Oc3ncnc(N)c3-c3cnn(Cc4ccccc4)c3)C2)C1. The molecule has 3 aromatic rings. The number of nitriles is 1. The molecule has 1 saturated carbocycles. The van der Waals surface area contributed by atoms with Crippen LogP contribution in [0.15, 0.2) is 61.2 Å². The molecule has 2 N–H and O–H groups in total. The van der Waals surface area contributed by atoms with Crippen molar-refractivity contribution in [2.45, 2.75) is 25.5 Å². The van der Waals surface area contributed by atoms with E-state index < -0.39 is 0 Å². The Hall–Kier alpha value is -4.19. The van der Waals surface area contributed by atoms with E-state index in [-0.39, 0.29) is 23.0 Å². The van der Waals surface area contributed by atoms with Crippen LogP contribution in [0, 0.1) is 16.7 Å². The van der Waals surface area contributed by atoms with E-state index in [9.17, 15) is 4.79 Å². The van der Waals surface area contributed by atoms with E-state index in [0.717, 1.165) is 24.0 Å². The van der Waals surface area contributed by atoms with Crippen LogP contribution in [0.2, 0.25) is 0 Å². The lowest BCUT2D eigenvalue weighted by atomic mass is 9.61. The van der Waals surface area contributed by atoms with E-state index in [2.05, 4.69) is 21.6 Å². The van der Waals surface area contributed by atoms with E-state index in [4.69, 9.17) is 15.7 Å². The summed E-state index contributed by atoms with van der Waals surface area (Å²) in [4.78, 5) is 22.2. The fourth-order valence-electron chi connectivity index (χ4n) is 4.64. The molecule has 2 aliphatic rings. The molecule has 5 rings (SSSR count). The molecule has 9 heteroatoms. The molecule has 9 nitrogen and oxygen atoms in total. The summed E-state index contributed by atoms with van der Waals surface area (Å²) < 4.78 is 8.04. The summed E-state index contributed by atoms with van der Waals surface area (Å²) in [6.07, 6.45) is 6.65. The molecule has 1 spiro atoms. The van der Waals surface area contributed by atoms with Gasteiger partial charge in [-0.2, -0.15) is 10.4 Å². The molecule has 1 amide bonds. The van der Waals surface area contributed by atoms with Crippen molar-refractivity contribution in [1.82, 2.24) is 24.6 Å². The topological polar surface area (TPSA) is 123 Å². The van der Waals surface area contributed by atoms with Crippen molar-refractivity contribution in [2.24, 2.45) is 5.41 Å². The van der Waals surface area contributed by atoms with Crippen LogP contribution in [-0.4, -0.2) is 49.7 Å². The first-order valence-corrected chi connectivity index (χ1v) is 10.7. The van der Waals surface area contributed by atoms with Gasteiger partial charge in [-0.25, -0.2) is 9.97 Å². The minimum Gasteiger partial charge on any atom is -0.474 e. The van der Waals surface area contributed by atoms with Gasteiger partial charge in [0.15, 0.2) is 0 Å². The lowest BCUT2D eigenvalue weighted by Gasteiger charge is -2.58. The van der Waals surface area contributed by atoms with Crippen molar-refractivity contribution in [3.8, 4) is 23.1 Å². The standard InChI is InChI=1S/C24H23N7O2/c1-16(9-25)23(32)30-13-24(14-30)7-19(8-24)33-22-20(21(26)27-15-28-22)18-10-29-31(12-18)11-17-5-3-2-4-6-17/h2-6,10,12,15,19H,1,7-8,11,13-14H2,(H2,26,27,28). The minimum absolute atomic E-state index is 0.0196. The number of hydrogen-bond acceptors (Lipinski definition) is 7. The van der Waals surface area contributed by atoms with Gasteiger partial charge in [0.2, 0.25) is 5.88 Å². The third-order valence-electron chi connectivity index (χ3n) is 6.28. The van der Waals surface area contributed by atoms with Crippen LogP contribution in [-0.2, 0) is 11.3 Å². The first-order valence-electron chi connectivity index (χ1n) is 10.7. The highest BCUT2D eigenvalue weighted by Gasteiger charge is 2.55. The van der Waals surface area contributed by atoms with Gasteiger partial charge in [-0.15, -0.1) is 0 Å². The normalized spacial score (nSPS) is 16.5. The van der Waals surface area contributed by atoms with E-state index in [1.807, 2.05) is 47.3 Å². The van der Waals surface area contributed by atoms with Gasteiger partial charge in [-0.3, -0.25) is 9.48 Å². The number of likely N-dealkylation sites (tertiary alicyclic amines) is 1. The molecule has 0 atom stereocenters. The molecular weight excluding hydrogens is 418 g/mol. The first-order chi connectivity index (χ1) is 16.0. The van der Waals surface area contributed by atoms with Gasteiger partial charge >= 0.3 is 0 Å². The largest absolute Gasteiger partial charge is 0.474 e. The van der Waals surface area contributed by atoms with Crippen LogP contribution in [0.25, 0.3) is 11.1 Å². The lowest BCUT2D eigenvalue weighted by molar-refractivity contribution is -0.156. The molecule has 1 aliphatic carbocycles. The molecule has 1 saturated heterocycles. The first kappa shape index (κ1) is 20.7. The summed E-state index contributed by atoms with van der Waals surface area (Å²) in [6.45, 7) is 5.39. The second-order valence-corrected chi connectivity index (χ2v) is 8.75. The number of hydrogen-bond donors (Lipinski definition) is 1. The second kappa shape index (κ2) is 8.06. The fraction of sp³-hybridized carbons (Fsp3) is 0.292. The van der Waals surface area contributed by atoms with Crippen LogP contribution in [0.1, 0.15) is 18.4 Å². The number of carbonyl (C=O) groups is 1. The van der Waals surface area contributed by atoms with Gasteiger partial charge in [-0.1, -0.05) is 36.9 Å².